The Hall–Kier alpha value is -0.970. The molecule has 5 heteroatoms. The average Bonchev–Trinajstić information content (AvgIpc) is 2.46. The lowest BCUT2D eigenvalue weighted by atomic mass is 10.2. The van der Waals surface area contributed by atoms with Gasteiger partial charge in [-0.25, -0.2) is 4.98 Å². The number of hydrogen-bond donors (Lipinski definition) is 1. The molecule has 1 saturated heterocycles. The van der Waals surface area contributed by atoms with Gasteiger partial charge in [-0.3, -0.25) is 0 Å². The highest BCUT2D eigenvalue weighted by Crippen LogP contribution is 2.26. The molecule has 4 nitrogen and oxygen atoms in total. The van der Waals surface area contributed by atoms with Gasteiger partial charge in [0.15, 0.2) is 0 Å². The molecule has 0 saturated carbocycles. The summed E-state index contributed by atoms with van der Waals surface area (Å²) in [5.41, 5.74) is 1.17. The van der Waals surface area contributed by atoms with Gasteiger partial charge < -0.3 is 10.2 Å². The summed E-state index contributed by atoms with van der Waals surface area (Å²) in [6, 6.07) is 0. The van der Waals surface area contributed by atoms with Crippen LogP contribution in [0.2, 0.25) is 0 Å². The average molecular weight is 280 g/mol. The largest absolute Gasteiger partial charge is 0.354 e. The second kappa shape index (κ2) is 6.98. The lowest BCUT2D eigenvalue weighted by Gasteiger charge is -2.33. The Balaban J connectivity index is 2.13. The van der Waals surface area contributed by atoms with Crippen molar-refractivity contribution in [2.45, 2.75) is 38.9 Å². The molecule has 1 aliphatic heterocycles. The maximum absolute atomic E-state index is 4.70. The molecular formula is C14H24N4S. The van der Waals surface area contributed by atoms with Gasteiger partial charge in [-0.2, -0.15) is 16.7 Å². The summed E-state index contributed by atoms with van der Waals surface area (Å²) >= 11 is 2.08. The van der Waals surface area contributed by atoms with Crippen LogP contribution >= 0.6 is 11.8 Å². The minimum absolute atomic E-state index is 0.732. The van der Waals surface area contributed by atoms with Gasteiger partial charge >= 0.3 is 0 Å². The van der Waals surface area contributed by atoms with E-state index in [0.717, 1.165) is 43.1 Å². The molecule has 1 N–H and O–H groups in total. The second-order valence-electron chi connectivity index (χ2n) is 4.97. The Bertz CT molecular complexity index is 410. The fourth-order valence-corrected chi connectivity index (χ4v) is 3.41. The molecule has 0 radical (unpaired) electrons. The van der Waals surface area contributed by atoms with Crippen LogP contribution in [0.5, 0.6) is 0 Å². The summed E-state index contributed by atoms with van der Waals surface area (Å²) in [6.45, 7) is 9.63. The Morgan fingerprint density at radius 1 is 1.47 bits per heavy atom. The summed E-state index contributed by atoms with van der Waals surface area (Å²) < 4.78 is 0. The second-order valence-corrected chi connectivity index (χ2v) is 6.38. The zero-order chi connectivity index (χ0) is 13.7. The lowest BCUT2D eigenvalue weighted by Crippen LogP contribution is -2.38. The zero-order valence-electron chi connectivity index (χ0n) is 12.1. The predicted octanol–water partition coefficient (Wildman–Crippen LogP) is 2.94. The van der Waals surface area contributed by atoms with Crippen LogP contribution in [0.1, 0.15) is 32.3 Å². The zero-order valence-corrected chi connectivity index (χ0v) is 13.0. The molecule has 2 rings (SSSR count). The van der Waals surface area contributed by atoms with E-state index in [1.165, 1.54) is 17.7 Å². The minimum Gasteiger partial charge on any atom is -0.354 e. The monoisotopic (exact) mass is 280 g/mol. The summed E-state index contributed by atoms with van der Waals surface area (Å²) in [5.74, 6) is 3.06. The Labute approximate surface area is 120 Å². The maximum Gasteiger partial charge on any atom is 0.224 e. The fraction of sp³-hybridized carbons (Fsp3) is 0.714. The topological polar surface area (TPSA) is 41.1 Å². The maximum atomic E-state index is 4.70. The number of nitrogens with zero attached hydrogens (tertiary/aromatic N) is 3. The molecule has 0 amide bonds. The molecule has 0 spiro atoms. The van der Waals surface area contributed by atoms with Gasteiger partial charge in [-0.15, -0.1) is 0 Å². The molecule has 106 valence electrons. The van der Waals surface area contributed by atoms with E-state index in [1.54, 1.807) is 0 Å². The third-order valence-corrected chi connectivity index (χ3v) is 4.74. The molecule has 2 heterocycles. The van der Waals surface area contributed by atoms with Crippen molar-refractivity contribution < 1.29 is 0 Å². The summed E-state index contributed by atoms with van der Waals surface area (Å²) in [4.78, 5) is 11.5. The van der Waals surface area contributed by atoms with E-state index in [4.69, 9.17) is 4.98 Å². The third-order valence-electron chi connectivity index (χ3n) is 3.37. The normalized spacial score (nSPS) is 19.5. The first-order valence-corrected chi connectivity index (χ1v) is 8.23. The molecule has 1 unspecified atom stereocenters. The summed E-state index contributed by atoms with van der Waals surface area (Å²) in [7, 11) is 0. The number of nitrogens with one attached hydrogen (secondary N) is 1. The van der Waals surface area contributed by atoms with Gasteiger partial charge in [0.1, 0.15) is 5.82 Å². The molecule has 1 aromatic heterocycles. The van der Waals surface area contributed by atoms with E-state index in [1.807, 2.05) is 6.20 Å². The Morgan fingerprint density at radius 3 is 3.05 bits per heavy atom. The van der Waals surface area contributed by atoms with Gasteiger partial charge in [0.05, 0.1) is 0 Å². The van der Waals surface area contributed by atoms with Gasteiger partial charge in [-0.05, 0) is 19.8 Å². The van der Waals surface area contributed by atoms with Crippen LogP contribution in [0, 0.1) is 6.92 Å². The number of aromatic nitrogens is 2. The highest BCUT2D eigenvalue weighted by molar-refractivity contribution is 8.00. The number of anilines is 2. The van der Waals surface area contributed by atoms with Crippen molar-refractivity contribution in [1.82, 2.24) is 9.97 Å². The van der Waals surface area contributed by atoms with E-state index in [9.17, 15) is 0 Å². The van der Waals surface area contributed by atoms with Crippen LogP contribution in [0.15, 0.2) is 6.20 Å². The number of rotatable bonds is 5. The number of aryl methyl sites for hydroxylation is 1. The van der Waals surface area contributed by atoms with Gasteiger partial charge in [0.25, 0.3) is 0 Å². The van der Waals surface area contributed by atoms with Crippen molar-refractivity contribution in [1.29, 1.82) is 0 Å². The van der Waals surface area contributed by atoms with Crippen molar-refractivity contribution in [3.05, 3.63) is 11.8 Å². The standard InChI is InChI=1S/C14H24N4S/c1-4-6-15-14-16-9-11(3)13(17-14)18-7-8-19-12(5-2)10-18/h9,12H,4-8,10H2,1-3H3,(H,15,16,17). The molecule has 1 fully saturated rings. The Morgan fingerprint density at radius 2 is 2.32 bits per heavy atom. The van der Waals surface area contributed by atoms with E-state index in [-0.39, 0.29) is 0 Å². The molecule has 0 aromatic carbocycles. The molecule has 0 bridgehead atoms. The van der Waals surface area contributed by atoms with Crippen molar-refractivity contribution in [2.24, 2.45) is 0 Å². The highest BCUT2D eigenvalue weighted by atomic mass is 32.2. The van der Waals surface area contributed by atoms with Gasteiger partial charge in [0, 0.05) is 42.4 Å². The van der Waals surface area contributed by atoms with Crippen LogP contribution in [0.3, 0.4) is 0 Å². The molecule has 19 heavy (non-hydrogen) atoms. The minimum atomic E-state index is 0.732. The fourth-order valence-electron chi connectivity index (χ4n) is 2.23. The lowest BCUT2D eigenvalue weighted by molar-refractivity contribution is 0.716. The van der Waals surface area contributed by atoms with E-state index in [2.05, 4.69) is 47.7 Å². The quantitative estimate of drug-likeness (QED) is 0.898. The SMILES string of the molecule is CCCNc1ncc(C)c(N2CCSC(CC)C2)n1. The third kappa shape index (κ3) is 3.75. The first-order valence-electron chi connectivity index (χ1n) is 7.18. The van der Waals surface area contributed by atoms with E-state index < -0.39 is 0 Å². The van der Waals surface area contributed by atoms with E-state index >= 15 is 0 Å². The predicted molar refractivity (Wildman–Crippen MR) is 84.3 cm³/mol. The van der Waals surface area contributed by atoms with E-state index in [0.29, 0.717) is 0 Å². The Kier molecular flexibility index (Phi) is 5.31. The molecule has 1 aliphatic rings. The van der Waals surface area contributed by atoms with Crippen molar-refractivity contribution in [2.75, 3.05) is 35.6 Å². The van der Waals surface area contributed by atoms with Crippen molar-refractivity contribution in [3.8, 4) is 0 Å². The van der Waals surface area contributed by atoms with Crippen molar-refractivity contribution in [3.63, 3.8) is 0 Å². The molecule has 1 aromatic rings. The van der Waals surface area contributed by atoms with Gasteiger partial charge in [-0.1, -0.05) is 13.8 Å². The molecular weight excluding hydrogens is 256 g/mol. The van der Waals surface area contributed by atoms with Crippen LogP contribution in [-0.4, -0.2) is 40.6 Å². The smallest absolute Gasteiger partial charge is 0.224 e. The van der Waals surface area contributed by atoms with Crippen LogP contribution in [0.4, 0.5) is 11.8 Å². The summed E-state index contributed by atoms with van der Waals surface area (Å²) in [6.07, 6.45) is 4.25. The molecule has 0 aliphatic carbocycles. The van der Waals surface area contributed by atoms with Crippen molar-refractivity contribution >= 4 is 23.5 Å². The van der Waals surface area contributed by atoms with Crippen LogP contribution < -0.4 is 10.2 Å². The van der Waals surface area contributed by atoms with Crippen LogP contribution in [0.25, 0.3) is 0 Å². The highest BCUT2D eigenvalue weighted by Gasteiger charge is 2.21. The first kappa shape index (κ1) is 14.4. The first-order chi connectivity index (χ1) is 9.24. The van der Waals surface area contributed by atoms with Gasteiger partial charge in [0.2, 0.25) is 5.95 Å². The number of thioether (sulfide) groups is 1. The number of hydrogen-bond acceptors (Lipinski definition) is 5. The molecule has 1 atom stereocenters. The van der Waals surface area contributed by atoms with Crippen LogP contribution in [-0.2, 0) is 0 Å². The summed E-state index contributed by atoms with van der Waals surface area (Å²) in [5, 5.41) is 4.00.